The minimum atomic E-state index is -0.223. The van der Waals surface area contributed by atoms with Crippen molar-refractivity contribution >= 4 is 27.3 Å². The first-order valence-electron chi connectivity index (χ1n) is 5.83. The number of rotatable bonds is 4. The van der Waals surface area contributed by atoms with Crippen molar-refractivity contribution in [1.82, 2.24) is 0 Å². The first kappa shape index (κ1) is 12.3. The Hall–Kier alpha value is -0.120. The highest BCUT2D eigenvalue weighted by Crippen LogP contribution is 2.27. The van der Waals surface area contributed by atoms with Crippen LogP contribution in [0.4, 0.5) is 0 Å². The third kappa shape index (κ3) is 3.44. The average molecular weight is 301 g/mol. The van der Waals surface area contributed by atoms with E-state index in [4.69, 9.17) is 0 Å². The number of aliphatic hydroxyl groups excluding tert-OH is 1. The van der Waals surface area contributed by atoms with Crippen molar-refractivity contribution in [2.24, 2.45) is 0 Å². The second-order valence-electron chi connectivity index (χ2n) is 4.36. The summed E-state index contributed by atoms with van der Waals surface area (Å²) in [4.78, 5) is 1.25. The molecule has 2 rings (SSSR count). The molecule has 0 saturated heterocycles. The Bertz CT molecular complexity index is 370. The number of hydrogen-bond donors (Lipinski definition) is 1. The number of hydrogen-bond acceptors (Lipinski definition) is 2. The second kappa shape index (κ2) is 5.99. The molecule has 1 N–H and O–H groups in total. The fourth-order valence-electron chi connectivity index (χ4n) is 2.15. The highest BCUT2D eigenvalue weighted by Gasteiger charge is 2.13. The molecular formula is C13H17BrOS. The van der Waals surface area contributed by atoms with Crippen molar-refractivity contribution in [2.45, 2.75) is 44.6 Å². The minimum absolute atomic E-state index is 0.223. The summed E-state index contributed by atoms with van der Waals surface area (Å²) in [6, 6.07) is 2.05. The van der Waals surface area contributed by atoms with Crippen LogP contribution in [-0.2, 0) is 6.42 Å². The van der Waals surface area contributed by atoms with Gasteiger partial charge in [0.2, 0.25) is 0 Å². The summed E-state index contributed by atoms with van der Waals surface area (Å²) in [5.74, 6) is 0. The Morgan fingerprint density at radius 2 is 2.25 bits per heavy atom. The second-order valence-corrected chi connectivity index (χ2v) is 6.22. The Morgan fingerprint density at radius 3 is 2.88 bits per heavy atom. The minimum Gasteiger partial charge on any atom is -0.392 e. The van der Waals surface area contributed by atoms with E-state index in [1.54, 1.807) is 11.3 Å². The van der Waals surface area contributed by atoms with Gasteiger partial charge in [0.05, 0.1) is 6.10 Å². The van der Waals surface area contributed by atoms with Crippen LogP contribution < -0.4 is 0 Å². The predicted molar refractivity (Wildman–Crippen MR) is 72.9 cm³/mol. The molecule has 1 aliphatic rings. The number of allylic oxidation sites excluding steroid dienone is 1. The maximum absolute atomic E-state index is 10.0. The molecule has 0 bridgehead atoms. The molecule has 16 heavy (non-hydrogen) atoms. The van der Waals surface area contributed by atoms with Crippen LogP contribution in [0.15, 0.2) is 27.6 Å². The number of halogens is 1. The van der Waals surface area contributed by atoms with E-state index in [2.05, 4.69) is 27.4 Å². The van der Waals surface area contributed by atoms with Gasteiger partial charge in [0.1, 0.15) is 0 Å². The van der Waals surface area contributed by atoms with Crippen LogP contribution in [0, 0.1) is 0 Å². The zero-order chi connectivity index (χ0) is 11.4. The van der Waals surface area contributed by atoms with E-state index in [1.807, 2.05) is 6.07 Å². The molecule has 3 heteroatoms. The Labute approximate surface area is 109 Å². The van der Waals surface area contributed by atoms with Crippen molar-refractivity contribution in [2.75, 3.05) is 0 Å². The van der Waals surface area contributed by atoms with Crippen LogP contribution in [0.3, 0.4) is 0 Å². The molecule has 0 aromatic carbocycles. The van der Waals surface area contributed by atoms with Gasteiger partial charge in [-0.15, -0.1) is 11.3 Å². The largest absolute Gasteiger partial charge is 0.392 e. The highest BCUT2D eigenvalue weighted by atomic mass is 79.9. The Morgan fingerprint density at radius 1 is 1.38 bits per heavy atom. The van der Waals surface area contributed by atoms with Crippen molar-refractivity contribution in [3.63, 3.8) is 0 Å². The zero-order valence-electron chi connectivity index (χ0n) is 9.29. The monoisotopic (exact) mass is 300 g/mol. The molecule has 0 amide bonds. The van der Waals surface area contributed by atoms with E-state index >= 15 is 0 Å². The van der Waals surface area contributed by atoms with Gasteiger partial charge in [0.15, 0.2) is 0 Å². The van der Waals surface area contributed by atoms with Crippen molar-refractivity contribution in [3.05, 3.63) is 32.4 Å². The molecule has 1 aromatic rings. The van der Waals surface area contributed by atoms with Gasteiger partial charge in [-0.25, -0.2) is 0 Å². The first-order chi connectivity index (χ1) is 7.75. The number of aliphatic hydroxyl groups is 1. The molecule has 0 fully saturated rings. The van der Waals surface area contributed by atoms with Gasteiger partial charge in [-0.3, -0.25) is 0 Å². The molecule has 1 aromatic heterocycles. The molecule has 1 heterocycles. The molecule has 1 unspecified atom stereocenters. The van der Waals surface area contributed by atoms with Crippen LogP contribution in [0.2, 0.25) is 0 Å². The lowest BCUT2D eigenvalue weighted by atomic mass is 9.94. The van der Waals surface area contributed by atoms with Crippen molar-refractivity contribution < 1.29 is 5.11 Å². The van der Waals surface area contributed by atoms with Crippen molar-refractivity contribution in [3.8, 4) is 0 Å². The lowest BCUT2D eigenvalue weighted by molar-refractivity contribution is 0.174. The van der Waals surface area contributed by atoms with E-state index in [9.17, 15) is 5.11 Å². The Balaban J connectivity index is 1.86. The highest BCUT2D eigenvalue weighted by molar-refractivity contribution is 9.10. The van der Waals surface area contributed by atoms with Crippen LogP contribution in [0.25, 0.3) is 0 Å². The van der Waals surface area contributed by atoms with Gasteiger partial charge in [-0.2, -0.15) is 0 Å². The third-order valence-corrected chi connectivity index (χ3v) is 4.94. The molecule has 1 aliphatic carbocycles. The summed E-state index contributed by atoms with van der Waals surface area (Å²) in [5, 5.41) is 12.1. The van der Waals surface area contributed by atoms with Gasteiger partial charge in [-0.1, -0.05) is 11.6 Å². The van der Waals surface area contributed by atoms with E-state index in [-0.39, 0.29) is 6.10 Å². The predicted octanol–water partition coefficient (Wildman–Crippen LogP) is 4.30. The quantitative estimate of drug-likeness (QED) is 0.822. The molecule has 88 valence electrons. The fourth-order valence-corrected chi connectivity index (χ4v) is 3.74. The molecule has 0 saturated carbocycles. The number of thiophene rings is 1. The summed E-state index contributed by atoms with van der Waals surface area (Å²) in [5.41, 5.74) is 1.45. The van der Waals surface area contributed by atoms with E-state index < -0.39 is 0 Å². The van der Waals surface area contributed by atoms with Gasteiger partial charge in [0, 0.05) is 15.8 Å². The Kier molecular flexibility index (Phi) is 4.62. The zero-order valence-corrected chi connectivity index (χ0v) is 11.7. The van der Waals surface area contributed by atoms with Gasteiger partial charge in [0.25, 0.3) is 0 Å². The fraction of sp³-hybridized carbons (Fsp3) is 0.538. The molecule has 0 aliphatic heterocycles. The summed E-state index contributed by atoms with van der Waals surface area (Å²) >= 11 is 5.22. The topological polar surface area (TPSA) is 20.2 Å². The maximum Gasteiger partial charge on any atom is 0.0625 e. The van der Waals surface area contributed by atoms with E-state index in [0.29, 0.717) is 0 Å². The van der Waals surface area contributed by atoms with Crippen LogP contribution in [0.5, 0.6) is 0 Å². The van der Waals surface area contributed by atoms with E-state index in [1.165, 1.54) is 36.1 Å². The SMILES string of the molecule is OC(CC1=CCCCC1)Cc1sccc1Br. The summed E-state index contributed by atoms with van der Waals surface area (Å²) < 4.78 is 1.13. The average Bonchev–Trinajstić information content (AvgIpc) is 2.66. The smallest absolute Gasteiger partial charge is 0.0625 e. The lowest BCUT2D eigenvalue weighted by Crippen LogP contribution is -2.12. The summed E-state index contributed by atoms with van der Waals surface area (Å²) in [6.45, 7) is 0. The van der Waals surface area contributed by atoms with Gasteiger partial charge in [-0.05, 0) is 59.5 Å². The molecule has 0 spiro atoms. The van der Waals surface area contributed by atoms with Gasteiger partial charge < -0.3 is 5.11 Å². The van der Waals surface area contributed by atoms with Crippen LogP contribution in [-0.4, -0.2) is 11.2 Å². The van der Waals surface area contributed by atoms with Gasteiger partial charge >= 0.3 is 0 Å². The molecule has 1 nitrogen and oxygen atoms in total. The van der Waals surface area contributed by atoms with E-state index in [0.717, 1.165) is 17.3 Å². The van der Waals surface area contributed by atoms with Crippen LogP contribution in [0.1, 0.15) is 37.0 Å². The van der Waals surface area contributed by atoms with Crippen LogP contribution >= 0.6 is 27.3 Å². The maximum atomic E-state index is 10.0. The third-order valence-electron chi connectivity index (χ3n) is 2.99. The molecule has 1 atom stereocenters. The summed E-state index contributed by atoms with van der Waals surface area (Å²) in [6.07, 6.45) is 8.71. The molecule has 0 radical (unpaired) electrons. The summed E-state index contributed by atoms with van der Waals surface area (Å²) in [7, 11) is 0. The molecular weight excluding hydrogens is 284 g/mol. The standard InChI is InChI=1S/C13H17BrOS/c14-12-6-7-16-13(12)9-11(15)8-10-4-2-1-3-5-10/h4,6-7,11,15H,1-3,5,8-9H2. The lowest BCUT2D eigenvalue weighted by Gasteiger charge is -2.16. The normalized spacial score (nSPS) is 18.2. The first-order valence-corrected chi connectivity index (χ1v) is 7.51. The van der Waals surface area contributed by atoms with Crippen molar-refractivity contribution in [1.29, 1.82) is 0 Å².